The van der Waals surface area contributed by atoms with E-state index in [9.17, 15) is 4.79 Å². The Labute approximate surface area is 104 Å². The van der Waals surface area contributed by atoms with Gasteiger partial charge in [-0.25, -0.2) is 0 Å². The molecule has 5 nitrogen and oxygen atoms in total. The lowest BCUT2D eigenvalue weighted by Gasteiger charge is -2.34. The summed E-state index contributed by atoms with van der Waals surface area (Å²) < 4.78 is 5.10. The number of hydrogen-bond acceptors (Lipinski definition) is 4. The van der Waals surface area contributed by atoms with E-state index in [2.05, 4.69) is 24.1 Å². The van der Waals surface area contributed by atoms with Gasteiger partial charge in [-0.2, -0.15) is 0 Å². The van der Waals surface area contributed by atoms with Gasteiger partial charge in [-0.05, 0) is 26.7 Å². The number of ether oxygens (including phenoxy) is 1. The average molecular weight is 243 g/mol. The molecule has 1 heterocycles. The van der Waals surface area contributed by atoms with Crippen molar-refractivity contribution in [3.63, 3.8) is 0 Å². The van der Waals surface area contributed by atoms with Gasteiger partial charge in [-0.1, -0.05) is 0 Å². The summed E-state index contributed by atoms with van der Waals surface area (Å²) in [7, 11) is 0. The van der Waals surface area contributed by atoms with Crippen LogP contribution in [0.1, 0.15) is 26.7 Å². The Morgan fingerprint density at radius 2 is 2.12 bits per heavy atom. The number of hydrogen-bond donors (Lipinski definition) is 2. The standard InChI is InChI=1S/C12H25N3O2/c1-10(2)15-6-3-11(4-7-15)14-12(16)9-17-8-5-13/h10-11H,3-9,13H2,1-2H3,(H,14,16). The second-order valence-electron chi connectivity index (χ2n) is 4.81. The zero-order chi connectivity index (χ0) is 12.7. The van der Waals surface area contributed by atoms with Crippen LogP contribution in [0, 0.1) is 0 Å². The molecule has 17 heavy (non-hydrogen) atoms. The zero-order valence-electron chi connectivity index (χ0n) is 10.9. The monoisotopic (exact) mass is 243 g/mol. The Hall–Kier alpha value is -0.650. The Morgan fingerprint density at radius 1 is 1.47 bits per heavy atom. The molecule has 0 saturated carbocycles. The van der Waals surface area contributed by atoms with Gasteiger partial charge in [0.25, 0.3) is 0 Å². The molecule has 1 aliphatic heterocycles. The zero-order valence-corrected chi connectivity index (χ0v) is 10.9. The third kappa shape index (κ3) is 5.48. The van der Waals surface area contributed by atoms with E-state index in [4.69, 9.17) is 10.5 Å². The maximum Gasteiger partial charge on any atom is 0.246 e. The average Bonchev–Trinajstić information content (AvgIpc) is 2.30. The van der Waals surface area contributed by atoms with Crippen LogP contribution in [0.2, 0.25) is 0 Å². The maximum absolute atomic E-state index is 11.5. The molecular formula is C12H25N3O2. The third-order valence-electron chi connectivity index (χ3n) is 3.12. The van der Waals surface area contributed by atoms with Gasteiger partial charge in [-0.3, -0.25) is 4.79 Å². The molecule has 0 spiro atoms. The van der Waals surface area contributed by atoms with Crippen LogP contribution in [-0.2, 0) is 9.53 Å². The first-order valence-electron chi connectivity index (χ1n) is 6.44. The number of nitrogens with one attached hydrogen (secondary N) is 1. The van der Waals surface area contributed by atoms with E-state index in [1.807, 2.05) is 0 Å². The van der Waals surface area contributed by atoms with E-state index in [1.165, 1.54) is 0 Å². The second kappa shape index (κ2) is 7.63. The van der Waals surface area contributed by atoms with Gasteiger partial charge in [-0.15, -0.1) is 0 Å². The fraction of sp³-hybridized carbons (Fsp3) is 0.917. The van der Waals surface area contributed by atoms with Crippen LogP contribution in [0.3, 0.4) is 0 Å². The third-order valence-corrected chi connectivity index (χ3v) is 3.12. The summed E-state index contributed by atoms with van der Waals surface area (Å²) in [6.07, 6.45) is 2.06. The molecule has 1 amide bonds. The molecule has 0 aliphatic carbocycles. The van der Waals surface area contributed by atoms with Gasteiger partial charge < -0.3 is 20.7 Å². The van der Waals surface area contributed by atoms with Crippen LogP contribution in [0.4, 0.5) is 0 Å². The maximum atomic E-state index is 11.5. The van der Waals surface area contributed by atoms with Crippen molar-refractivity contribution >= 4 is 5.91 Å². The predicted molar refractivity (Wildman–Crippen MR) is 67.7 cm³/mol. The summed E-state index contributed by atoms with van der Waals surface area (Å²) in [5.41, 5.74) is 5.28. The molecule has 100 valence electrons. The van der Waals surface area contributed by atoms with E-state index >= 15 is 0 Å². The normalized spacial score (nSPS) is 18.6. The molecule has 0 unspecified atom stereocenters. The van der Waals surface area contributed by atoms with Crippen LogP contribution in [-0.4, -0.2) is 55.7 Å². The number of carbonyl (C=O) groups excluding carboxylic acids is 1. The van der Waals surface area contributed by atoms with Gasteiger partial charge in [0, 0.05) is 31.7 Å². The highest BCUT2D eigenvalue weighted by Gasteiger charge is 2.21. The van der Waals surface area contributed by atoms with Crippen molar-refractivity contribution in [1.82, 2.24) is 10.2 Å². The highest BCUT2D eigenvalue weighted by Crippen LogP contribution is 2.12. The Balaban J connectivity index is 2.15. The summed E-state index contributed by atoms with van der Waals surface area (Å²) in [6.45, 7) is 7.57. The SMILES string of the molecule is CC(C)N1CCC(NC(=O)COCCN)CC1. The highest BCUT2D eigenvalue weighted by molar-refractivity contribution is 5.77. The fourth-order valence-corrected chi connectivity index (χ4v) is 2.08. The second-order valence-corrected chi connectivity index (χ2v) is 4.81. The first-order valence-corrected chi connectivity index (χ1v) is 6.44. The van der Waals surface area contributed by atoms with Crippen LogP contribution in [0.25, 0.3) is 0 Å². The van der Waals surface area contributed by atoms with Gasteiger partial charge in [0.05, 0.1) is 6.61 Å². The van der Waals surface area contributed by atoms with E-state index in [1.54, 1.807) is 0 Å². The number of nitrogens with zero attached hydrogens (tertiary/aromatic N) is 1. The summed E-state index contributed by atoms with van der Waals surface area (Å²) >= 11 is 0. The summed E-state index contributed by atoms with van der Waals surface area (Å²) in [6, 6.07) is 0.901. The van der Waals surface area contributed by atoms with Crippen molar-refractivity contribution < 1.29 is 9.53 Å². The van der Waals surface area contributed by atoms with Gasteiger partial charge in [0.15, 0.2) is 0 Å². The molecule has 0 aromatic rings. The molecule has 1 aliphatic rings. The Kier molecular flexibility index (Phi) is 6.47. The predicted octanol–water partition coefficient (Wildman–Crippen LogP) is -0.0493. The molecule has 0 atom stereocenters. The van der Waals surface area contributed by atoms with Crippen molar-refractivity contribution in [3.8, 4) is 0 Å². The minimum absolute atomic E-state index is 0.0264. The quantitative estimate of drug-likeness (QED) is 0.642. The number of likely N-dealkylation sites (tertiary alicyclic amines) is 1. The van der Waals surface area contributed by atoms with E-state index < -0.39 is 0 Å². The van der Waals surface area contributed by atoms with Gasteiger partial charge in [0.2, 0.25) is 5.91 Å². The number of nitrogens with two attached hydrogens (primary N) is 1. The lowest BCUT2D eigenvalue weighted by Crippen LogP contribution is -2.47. The highest BCUT2D eigenvalue weighted by atomic mass is 16.5. The van der Waals surface area contributed by atoms with Crippen LogP contribution in [0.5, 0.6) is 0 Å². The smallest absolute Gasteiger partial charge is 0.246 e. The summed E-state index contributed by atoms with van der Waals surface area (Å²) in [5.74, 6) is -0.0264. The molecule has 1 rings (SSSR count). The van der Waals surface area contributed by atoms with Gasteiger partial charge in [0.1, 0.15) is 6.61 Å². The Bertz CT molecular complexity index is 226. The summed E-state index contributed by atoms with van der Waals surface area (Å²) in [5, 5.41) is 3.01. The lowest BCUT2D eigenvalue weighted by molar-refractivity contribution is -0.126. The Morgan fingerprint density at radius 3 is 2.65 bits per heavy atom. The number of rotatable bonds is 6. The molecule has 0 radical (unpaired) electrons. The first kappa shape index (κ1) is 14.4. The lowest BCUT2D eigenvalue weighted by atomic mass is 10.0. The largest absolute Gasteiger partial charge is 0.370 e. The van der Waals surface area contributed by atoms with Crippen molar-refractivity contribution in [3.05, 3.63) is 0 Å². The van der Waals surface area contributed by atoms with Crippen molar-refractivity contribution in [2.24, 2.45) is 5.73 Å². The van der Waals surface area contributed by atoms with E-state index in [-0.39, 0.29) is 12.5 Å². The molecule has 3 N–H and O–H groups in total. The first-order chi connectivity index (χ1) is 8.13. The van der Waals surface area contributed by atoms with E-state index in [0.717, 1.165) is 25.9 Å². The van der Waals surface area contributed by atoms with Crippen molar-refractivity contribution in [2.75, 3.05) is 32.8 Å². The minimum atomic E-state index is -0.0264. The molecule has 0 aromatic carbocycles. The molecule has 1 saturated heterocycles. The minimum Gasteiger partial charge on any atom is -0.370 e. The molecule has 1 fully saturated rings. The number of carbonyl (C=O) groups is 1. The molecule has 0 aromatic heterocycles. The van der Waals surface area contributed by atoms with Gasteiger partial charge >= 0.3 is 0 Å². The van der Waals surface area contributed by atoms with Crippen molar-refractivity contribution in [2.45, 2.75) is 38.8 Å². The molecule has 0 bridgehead atoms. The topological polar surface area (TPSA) is 67.6 Å². The van der Waals surface area contributed by atoms with Crippen LogP contribution in [0.15, 0.2) is 0 Å². The number of amides is 1. The number of piperidine rings is 1. The molecule has 5 heteroatoms. The molecular weight excluding hydrogens is 218 g/mol. The summed E-state index contributed by atoms with van der Waals surface area (Å²) in [4.78, 5) is 13.9. The van der Waals surface area contributed by atoms with E-state index in [0.29, 0.717) is 25.2 Å². The van der Waals surface area contributed by atoms with Crippen LogP contribution < -0.4 is 11.1 Å². The fourth-order valence-electron chi connectivity index (χ4n) is 2.08. The van der Waals surface area contributed by atoms with Crippen molar-refractivity contribution in [1.29, 1.82) is 0 Å². The van der Waals surface area contributed by atoms with Crippen LogP contribution >= 0.6 is 0 Å².